The lowest BCUT2D eigenvalue weighted by Crippen LogP contribution is -2.09. The van der Waals surface area contributed by atoms with Crippen molar-refractivity contribution in [3.8, 4) is 11.3 Å². The van der Waals surface area contributed by atoms with Crippen molar-refractivity contribution in [2.24, 2.45) is 7.05 Å². The second-order valence-electron chi connectivity index (χ2n) is 5.61. The number of nitrogens with zero attached hydrogens (tertiary/aromatic N) is 4. The van der Waals surface area contributed by atoms with Crippen molar-refractivity contribution < 1.29 is 0 Å². The van der Waals surface area contributed by atoms with Crippen LogP contribution in [0.3, 0.4) is 0 Å². The summed E-state index contributed by atoms with van der Waals surface area (Å²) < 4.78 is 1.98. The molecule has 2 rings (SSSR count). The summed E-state index contributed by atoms with van der Waals surface area (Å²) in [4.78, 5) is 9.16. The summed E-state index contributed by atoms with van der Waals surface area (Å²) in [7, 11) is 3.77. The minimum Gasteiger partial charge on any atom is -0.373 e. The van der Waals surface area contributed by atoms with Gasteiger partial charge in [-0.05, 0) is 0 Å². The lowest BCUT2D eigenvalue weighted by Gasteiger charge is -2.17. The molecule has 0 radical (unpaired) electrons. The first kappa shape index (κ1) is 14.8. The van der Waals surface area contributed by atoms with E-state index in [2.05, 4.69) is 41.2 Å². The Hall–Kier alpha value is -1.56. The van der Waals surface area contributed by atoms with Crippen LogP contribution < -0.4 is 5.32 Å². The molecule has 108 valence electrons. The van der Waals surface area contributed by atoms with Gasteiger partial charge >= 0.3 is 0 Å². The van der Waals surface area contributed by atoms with Crippen LogP contribution in [0.15, 0.2) is 18.5 Å². The molecule has 6 heteroatoms. The van der Waals surface area contributed by atoms with Gasteiger partial charge in [0, 0.05) is 36.7 Å². The van der Waals surface area contributed by atoms with Crippen molar-refractivity contribution in [3.05, 3.63) is 24.3 Å². The Bertz CT molecular complexity index is 585. The molecule has 0 aliphatic carbocycles. The van der Waals surface area contributed by atoms with Crippen LogP contribution >= 0.6 is 11.8 Å². The molecule has 20 heavy (non-hydrogen) atoms. The zero-order valence-corrected chi connectivity index (χ0v) is 13.5. The number of nitrogens with one attached hydrogen (secondary N) is 1. The van der Waals surface area contributed by atoms with Gasteiger partial charge in [-0.15, -0.1) is 11.8 Å². The predicted molar refractivity (Wildman–Crippen MR) is 84.8 cm³/mol. The Balaban J connectivity index is 2.29. The average molecular weight is 291 g/mol. The van der Waals surface area contributed by atoms with Crippen molar-refractivity contribution in [2.75, 3.05) is 12.4 Å². The van der Waals surface area contributed by atoms with Crippen LogP contribution in [-0.4, -0.2) is 31.5 Å². The van der Waals surface area contributed by atoms with Crippen molar-refractivity contribution in [1.29, 1.82) is 0 Å². The van der Waals surface area contributed by atoms with E-state index in [-0.39, 0.29) is 4.75 Å². The molecule has 2 aromatic heterocycles. The molecule has 0 saturated carbocycles. The van der Waals surface area contributed by atoms with Gasteiger partial charge in [-0.1, -0.05) is 20.8 Å². The fourth-order valence-corrected chi connectivity index (χ4v) is 2.36. The molecule has 0 fully saturated rings. The summed E-state index contributed by atoms with van der Waals surface area (Å²) in [6.07, 6.45) is 3.78. The highest BCUT2D eigenvalue weighted by Crippen LogP contribution is 2.27. The highest BCUT2D eigenvalue weighted by molar-refractivity contribution is 7.99. The third-order valence-electron chi connectivity index (χ3n) is 2.66. The molecule has 0 aromatic carbocycles. The Labute approximate surface area is 124 Å². The van der Waals surface area contributed by atoms with Crippen LogP contribution in [0.2, 0.25) is 0 Å². The van der Waals surface area contributed by atoms with E-state index in [0.29, 0.717) is 0 Å². The summed E-state index contributed by atoms with van der Waals surface area (Å²) in [5.74, 6) is 2.48. The Morgan fingerprint density at radius 1 is 1.30 bits per heavy atom. The standard InChI is InChI=1S/C14H21N5S/c1-14(2,3)20-9-13-17-11(6-12(15-4)18-13)10-7-16-19(5)8-10/h6-8H,9H2,1-5H3,(H,15,17,18). The third-order valence-corrected chi connectivity index (χ3v) is 3.93. The van der Waals surface area contributed by atoms with Crippen LogP contribution in [0, 0.1) is 0 Å². The van der Waals surface area contributed by atoms with Gasteiger partial charge in [-0.3, -0.25) is 4.68 Å². The Morgan fingerprint density at radius 2 is 2.05 bits per heavy atom. The number of aryl methyl sites for hydroxylation is 1. The predicted octanol–water partition coefficient (Wildman–Crippen LogP) is 2.95. The molecule has 0 spiro atoms. The van der Waals surface area contributed by atoms with E-state index in [1.807, 2.05) is 44.3 Å². The summed E-state index contributed by atoms with van der Waals surface area (Å²) in [6.45, 7) is 6.59. The van der Waals surface area contributed by atoms with Gasteiger partial charge in [0.25, 0.3) is 0 Å². The van der Waals surface area contributed by atoms with Gasteiger partial charge in [0.1, 0.15) is 11.6 Å². The highest BCUT2D eigenvalue weighted by Gasteiger charge is 2.13. The fourth-order valence-electron chi connectivity index (χ4n) is 1.67. The molecule has 0 aliphatic heterocycles. The third kappa shape index (κ3) is 3.96. The average Bonchev–Trinajstić information content (AvgIpc) is 2.82. The van der Waals surface area contributed by atoms with Crippen LogP contribution in [0.5, 0.6) is 0 Å². The van der Waals surface area contributed by atoms with Crippen molar-refractivity contribution in [2.45, 2.75) is 31.3 Å². The normalized spacial score (nSPS) is 11.7. The van der Waals surface area contributed by atoms with Crippen molar-refractivity contribution in [3.63, 3.8) is 0 Å². The quantitative estimate of drug-likeness (QED) is 0.938. The Kier molecular flexibility index (Phi) is 4.32. The lowest BCUT2D eigenvalue weighted by atomic mass is 10.2. The van der Waals surface area contributed by atoms with Crippen LogP contribution in [-0.2, 0) is 12.8 Å². The molecule has 1 N–H and O–H groups in total. The van der Waals surface area contributed by atoms with Gasteiger partial charge in [-0.25, -0.2) is 9.97 Å². The van der Waals surface area contributed by atoms with Crippen molar-refractivity contribution >= 4 is 17.6 Å². The zero-order valence-electron chi connectivity index (χ0n) is 12.6. The summed E-state index contributed by atoms with van der Waals surface area (Å²) in [5, 5.41) is 7.29. The van der Waals surface area contributed by atoms with Gasteiger partial charge in [0.15, 0.2) is 0 Å². The Morgan fingerprint density at radius 3 is 2.60 bits per heavy atom. The summed E-state index contributed by atoms with van der Waals surface area (Å²) in [6, 6.07) is 1.95. The molecule has 0 atom stereocenters. The largest absolute Gasteiger partial charge is 0.373 e. The summed E-state index contributed by atoms with van der Waals surface area (Å²) in [5.41, 5.74) is 1.91. The van der Waals surface area contributed by atoms with E-state index >= 15 is 0 Å². The van der Waals surface area contributed by atoms with E-state index in [1.165, 1.54) is 0 Å². The number of aromatic nitrogens is 4. The van der Waals surface area contributed by atoms with Gasteiger partial charge in [0.05, 0.1) is 17.6 Å². The number of anilines is 1. The van der Waals surface area contributed by atoms with E-state index in [1.54, 1.807) is 4.68 Å². The number of thioether (sulfide) groups is 1. The first-order chi connectivity index (χ1) is 9.37. The lowest BCUT2D eigenvalue weighted by molar-refractivity contribution is 0.768. The molecule has 0 aliphatic rings. The second kappa shape index (κ2) is 5.83. The molecule has 2 heterocycles. The maximum absolute atomic E-state index is 4.64. The zero-order chi connectivity index (χ0) is 14.8. The number of rotatable bonds is 4. The SMILES string of the molecule is CNc1cc(-c2cnn(C)c2)nc(CSC(C)(C)C)n1. The first-order valence-corrected chi connectivity index (χ1v) is 7.54. The van der Waals surface area contributed by atoms with Crippen LogP contribution in [0.1, 0.15) is 26.6 Å². The number of hydrogen-bond donors (Lipinski definition) is 1. The van der Waals surface area contributed by atoms with Gasteiger partial charge in [-0.2, -0.15) is 5.10 Å². The minimum atomic E-state index is 0.202. The van der Waals surface area contributed by atoms with Gasteiger partial charge in [0.2, 0.25) is 0 Å². The molecule has 0 saturated heterocycles. The molecule has 0 amide bonds. The molecular weight excluding hydrogens is 270 g/mol. The second-order valence-corrected chi connectivity index (χ2v) is 7.41. The molecular formula is C14H21N5S. The fraction of sp³-hybridized carbons (Fsp3) is 0.500. The monoisotopic (exact) mass is 291 g/mol. The number of hydrogen-bond acceptors (Lipinski definition) is 5. The topological polar surface area (TPSA) is 55.6 Å². The molecule has 0 unspecified atom stereocenters. The molecule has 0 bridgehead atoms. The molecule has 5 nitrogen and oxygen atoms in total. The first-order valence-electron chi connectivity index (χ1n) is 6.56. The van der Waals surface area contributed by atoms with E-state index in [4.69, 9.17) is 0 Å². The van der Waals surface area contributed by atoms with Crippen LogP contribution in [0.25, 0.3) is 11.3 Å². The summed E-state index contributed by atoms with van der Waals surface area (Å²) >= 11 is 1.84. The van der Waals surface area contributed by atoms with E-state index in [9.17, 15) is 0 Å². The van der Waals surface area contributed by atoms with Crippen LogP contribution in [0.4, 0.5) is 5.82 Å². The highest BCUT2D eigenvalue weighted by atomic mass is 32.2. The van der Waals surface area contributed by atoms with Gasteiger partial charge < -0.3 is 5.32 Å². The maximum Gasteiger partial charge on any atom is 0.141 e. The maximum atomic E-state index is 4.64. The van der Waals surface area contributed by atoms with Crippen molar-refractivity contribution in [1.82, 2.24) is 19.7 Å². The van der Waals surface area contributed by atoms with E-state index < -0.39 is 0 Å². The molecule has 2 aromatic rings. The van der Waals surface area contributed by atoms with E-state index in [0.717, 1.165) is 28.7 Å². The smallest absolute Gasteiger partial charge is 0.141 e. The minimum absolute atomic E-state index is 0.202.